The Morgan fingerprint density at radius 2 is 1.79 bits per heavy atom. The van der Waals surface area contributed by atoms with Gasteiger partial charge < -0.3 is 23.5 Å². The van der Waals surface area contributed by atoms with Crippen molar-refractivity contribution in [1.29, 1.82) is 0 Å². The van der Waals surface area contributed by atoms with Gasteiger partial charge in [0.15, 0.2) is 16.9 Å². The van der Waals surface area contributed by atoms with Gasteiger partial charge in [0, 0.05) is 20.3 Å². The summed E-state index contributed by atoms with van der Waals surface area (Å²) in [5.74, 6) is 1.02. The highest BCUT2D eigenvalue weighted by molar-refractivity contribution is 5.99. The minimum atomic E-state index is -0.580. The summed E-state index contributed by atoms with van der Waals surface area (Å²) in [6.07, 6.45) is 3.82. The number of fused-ring (bicyclic) bond motifs is 2. The van der Waals surface area contributed by atoms with E-state index in [-0.39, 0.29) is 17.1 Å². The Morgan fingerprint density at radius 3 is 2.56 bits per heavy atom. The summed E-state index contributed by atoms with van der Waals surface area (Å²) in [4.78, 5) is 28.6. The maximum Gasteiger partial charge on any atom is 0.290 e. The van der Waals surface area contributed by atoms with Crippen LogP contribution in [0.5, 0.6) is 11.5 Å². The molecule has 0 saturated heterocycles. The Balaban J connectivity index is 1.77. The minimum absolute atomic E-state index is 0.102. The van der Waals surface area contributed by atoms with Crippen molar-refractivity contribution in [1.82, 2.24) is 4.90 Å². The maximum atomic E-state index is 13.5. The number of hydrogen-bond donors (Lipinski definition) is 0. The molecule has 1 atom stereocenters. The molecule has 1 unspecified atom stereocenters. The van der Waals surface area contributed by atoms with E-state index in [0.29, 0.717) is 54.2 Å². The molecule has 1 aromatic heterocycles. The number of ether oxygens (including phenoxy) is 3. The predicted molar refractivity (Wildman–Crippen MR) is 130 cm³/mol. The monoisotopic (exact) mass is 465 g/mol. The molecule has 2 heterocycles. The zero-order valence-electron chi connectivity index (χ0n) is 20.0. The summed E-state index contributed by atoms with van der Waals surface area (Å²) < 4.78 is 22.7. The molecule has 0 fully saturated rings. The van der Waals surface area contributed by atoms with E-state index >= 15 is 0 Å². The van der Waals surface area contributed by atoms with E-state index in [4.69, 9.17) is 18.6 Å². The van der Waals surface area contributed by atoms with Gasteiger partial charge in [0.05, 0.1) is 30.7 Å². The highest BCUT2D eigenvalue weighted by atomic mass is 16.5. The molecule has 1 amide bonds. The lowest BCUT2D eigenvalue weighted by molar-refractivity contribution is 0.0707. The van der Waals surface area contributed by atoms with Gasteiger partial charge in [0.25, 0.3) is 5.91 Å². The van der Waals surface area contributed by atoms with Gasteiger partial charge in [-0.15, -0.1) is 0 Å². The van der Waals surface area contributed by atoms with Crippen LogP contribution in [0.1, 0.15) is 60.3 Å². The smallest absolute Gasteiger partial charge is 0.290 e. The molecule has 7 nitrogen and oxygen atoms in total. The Hall–Kier alpha value is -3.32. The molecule has 0 saturated carbocycles. The van der Waals surface area contributed by atoms with Crippen LogP contribution in [0.4, 0.5) is 0 Å². The molecular formula is C27H31NO6. The van der Waals surface area contributed by atoms with Gasteiger partial charge >= 0.3 is 0 Å². The summed E-state index contributed by atoms with van der Waals surface area (Å²) in [6.45, 7) is 3.68. The van der Waals surface area contributed by atoms with E-state index in [1.54, 1.807) is 43.4 Å². The summed E-state index contributed by atoms with van der Waals surface area (Å²) in [5, 5.41) is 0.459. The van der Waals surface area contributed by atoms with E-state index < -0.39 is 6.04 Å². The fourth-order valence-corrected chi connectivity index (χ4v) is 4.43. The van der Waals surface area contributed by atoms with E-state index in [1.807, 2.05) is 18.2 Å². The first-order valence-corrected chi connectivity index (χ1v) is 11.8. The van der Waals surface area contributed by atoms with Crippen LogP contribution in [-0.2, 0) is 4.74 Å². The van der Waals surface area contributed by atoms with Crippen molar-refractivity contribution in [2.45, 2.75) is 38.6 Å². The molecule has 180 valence electrons. The van der Waals surface area contributed by atoms with Crippen LogP contribution in [0.2, 0.25) is 0 Å². The van der Waals surface area contributed by atoms with Crippen LogP contribution in [-0.4, -0.2) is 44.8 Å². The standard InChI is InChI=1S/C27H31NO6/c1-4-5-8-16-33-21-13-12-18(17-22(21)32-3)24-23-25(29)19-10-6-7-11-20(19)34-26(23)27(30)28(24)14-9-15-31-2/h6-7,10-13,17,24H,4-5,8-9,14-16H2,1-3H3. The zero-order valence-corrected chi connectivity index (χ0v) is 20.0. The van der Waals surface area contributed by atoms with Crippen LogP contribution in [0.3, 0.4) is 0 Å². The normalized spacial score (nSPS) is 15.1. The van der Waals surface area contributed by atoms with E-state index in [2.05, 4.69) is 6.92 Å². The number of rotatable bonds is 11. The fraction of sp³-hybridized carbons (Fsp3) is 0.407. The van der Waals surface area contributed by atoms with Crippen molar-refractivity contribution in [3.8, 4) is 11.5 Å². The molecule has 7 heteroatoms. The van der Waals surface area contributed by atoms with Gasteiger partial charge in [-0.05, 0) is 42.7 Å². The Morgan fingerprint density at radius 1 is 0.971 bits per heavy atom. The molecule has 1 aliphatic heterocycles. The number of para-hydroxylation sites is 1. The van der Waals surface area contributed by atoms with Crippen LogP contribution >= 0.6 is 0 Å². The van der Waals surface area contributed by atoms with Gasteiger partial charge in [-0.2, -0.15) is 0 Å². The van der Waals surface area contributed by atoms with E-state index in [0.717, 1.165) is 24.8 Å². The third kappa shape index (κ3) is 4.53. The Bertz CT molecular complexity index is 1220. The Labute approximate surface area is 199 Å². The number of nitrogens with zero attached hydrogens (tertiary/aromatic N) is 1. The van der Waals surface area contributed by atoms with Gasteiger partial charge in [-0.3, -0.25) is 9.59 Å². The molecule has 34 heavy (non-hydrogen) atoms. The molecule has 4 rings (SSSR count). The topological polar surface area (TPSA) is 78.2 Å². The summed E-state index contributed by atoms with van der Waals surface area (Å²) in [6, 6.07) is 12.0. The number of amides is 1. The number of carbonyl (C=O) groups is 1. The van der Waals surface area contributed by atoms with Crippen molar-refractivity contribution in [2.75, 3.05) is 34.0 Å². The van der Waals surface area contributed by atoms with Gasteiger partial charge in [0.1, 0.15) is 5.58 Å². The minimum Gasteiger partial charge on any atom is -0.493 e. The third-order valence-electron chi connectivity index (χ3n) is 6.13. The number of unbranched alkanes of at least 4 members (excludes halogenated alkanes) is 2. The number of methoxy groups -OCH3 is 2. The van der Waals surface area contributed by atoms with Crippen molar-refractivity contribution >= 4 is 16.9 Å². The van der Waals surface area contributed by atoms with Gasteiger partial charge in [-0.25, -0.2) is 0 Å². The lowest BCUT2D eigenvalue weighted by atomic mass is 9.98. The van der Waals surface area contributed by atoms with E-state index in [9.17, 15) is 9.59 Å². The zero-order chi connectivity index (χ0) is 24.1. The highest BCUT2D eigenvalue weighted by Gasteiger charge is 2.42. The molecule has 0 radical (unpaired) electrons. The molecule has 3 aromatic rings. The molecule has 0 spiro atoms. The molecule has 2 aromatic carbocycles. The number of carbonyl (C=O) groups excluding carboxylic acids is 1. The second-order valence-corrected chi connectivity index (χ2v) is 8.38. The Kier molecular flexibility index (Phi) is 7.53. The second kappa shape index (κ2) is 10.7. The van der Waals surface area contributed by atoms with Crippen LogP contribution in [0.15, 0.2) is 51.7 Å². The predicted octanol–water partition coefficient (Wildman–Crippen LogP) is 4.95. The average molecular weight is 466 g/mol. The molecule has 0 N–H and O–H groups in total. The summed E-state index contributed by atoms with van der Waals surface area (Å²) >= 11 is 0. The van der Waals surface area contributed by atoms with Gasteiger partial charge in [0.2, 0.25) is 5.76 Å². The lowest BCUT2D eigenvalue weighted by Crippen LogP contribution is -2.31. The quantitative estimate of drug-likeness (QED) is 0.373. The molecule has 1 aliphatic rings. The molecular weight excluding hydrogens is 434 g/mol. The first kappa shape index (κ1) is 23.8. The van der Waals surface area contributed by atoms with Crippen LogP contribution in [0, 0.1) is 0 Å². The van der Waals surface area contributed by atoms with E-state index in [1.165, 1.54) is 0 Å². The first-order valence-electron chi connectivity index (χ1n) is 11.8. The largest absolute Gasteiger partial charge is 0.493 e. The maximum absolute atomic E-state index is 13.5. The lowest BCUT2D eigenvalue weighted by Gasteiger charge is -2.25. The van der Waals surface area contributed by atoms with Crippen molar-refractivity contribution in [3.05, 3.63) is 69.6 Å². The third-order valence-corrected chi connectivity index (χ3v) is 6.13. The number of hydrogen-bond acceptors (Lipinski definition) is 6. The summed E-state index contributed by atoms with van der Waals surface area (Å²) in [5.41, 5.74) is 1.35. The van der Waals surface area contributed by atoms with Crippen molar-refractivity contribution in [3.63, 3.8) is 0 Å². The van der Waals surface area contributed by atoms with Crippen LogP contribution < -0.4 is 14.9 Å². The van der Waals surface area contributed by atoms with Gasteiger partial charge in [-0.1, -0.05) is 38.0 Å². The first-order chi connectivity index (χ1) is 16.6. The van der Waals surface area contributed by atoms with Crippen molar-refractivity contribution in [2.24, 2.45) is 0 Å². The number of benzene rings is 2. The van der Waals surface area contributed by atoms with Crippen molar-refractivity contribution < 1.29 is 23.4 Å². The summed E-state index contributed by atoms with van der Waals surface area (Å²) in [7, 11) is 3.21. The SMILES string of the molecule is CCCCCOc1ccc(C2c3c(oc4ccccc4c3=O)C(=O)N2CCCOC)cc1OC. The fourth-order valence-electron chi connectivity index (χ4n) is 4.43. The second-order valence-electron chi connectivity index (χ2n) is 8.38. The molecule has 0 bridgehead atoms. The molecule has 0 aliphatic carbocycles. The highest BCUT2D eigenvalue weighted by Crippen LogP contribution is 2.41. The van der Waals surface area contributed by atoms with Crippen LogP contribution in [0.25, 0.3) is 11.0 Å². The average Bonchev–Trinajstić information content (AvgIpc) is 3.14.